The first-order chi connectivity index (χ1) is 8.70. The standard InChI is InChI=1S/C15H14BrFO/c1-11-3-2-4-13(9-16)15(11)18-10-12-5-7-14(17)8-6-12/h2-8H,9-10H2,1H3. The predicted octanol–water partition coefficient (Wildman–Crippen LogP) is 4.61. The minimum absolute atomic E-state index is 0.226. The number of rotatable bonds is 4. The van der Waals surface area contributed by atoms with Gasteiger partial charge in [0.05, 0.1) is 0 Å². The van der Waals surface area contributed by atoms with Crippen LogP contribution in [0.2, 0.25) is 0 Å². The van der Waals surface area contributed by atoms with Crippen LogP contribution in [0.15, 0.2) is 42.5 Å². The Morgan fingerprint density at radius 3 is 2.50 bits per heavy atom. The number of hydrogen-bond donors (Lipinski definition) is 0. The molecule has 2 aromatic carbocycles. The summed E-state index contributed by atoms with van der Waals surface area (Å²) in [5.74, 6) is 0.675. The van der Waals surface area contributed by atoms with Gasteiger partial charge in [0.15, 0.2) is 0 Å². The number of hydrogen-bond acceptors (Lipinski definition) is 1. The van der Waals surface area contributed by atoms with E-state index in [4.69, 9.17) is 4.74 Å². The summed E-state index contributed by atoms with van der Waals surface area (Å²) < 4.78 is 18.6. The third-order valence-corrected chi connectivity index (χ3v) is 3.34. The molecule has 2 rings (SSSR count). The van der Waals surface area contributed by atoms with Crippen LogP contribution < -0.4 is 4.74 Å². The van der Waals surface area contributed by atoms with Crippen LogP contribution in [0.5, 0.6) is 5.75 Å². The average molecular weight is 309 g/mol. The molecule has 0 unspecified atom stereocenters. The van der Waals surface area contributed by atoms with Gasteiger partial charge in [-0.1, -0.05) is 46.3 Å². The summed E-state index contributed by atoms with van der Waals surface area (Å²) in [5.41, 5.74) is 3.19. The predicted molar refractivity (Wildman–Crippen MR) is 74.5 cm³/mol. The van der Waals surface area contributed by atoms with Gasteiger partial charge in [-0.05, 0) is 30.2 Å². The van der Waals surface area contributed by atoms with Crippen LogP contribution in [-0.4, -0.2) is 0 Å². The van der Waals surface area contributed by atoms with Crippen molar-refractivity contribution in [3.63, 3.8) is 0 Å². The Bertz CT molecular complexity index is 523. The largest absolute Gasteiger partial charge is 0.488 e. The van der Waals surface area contributed by atoms with E-state index in [2.05, 4.69) is 15.9 Å². The van der Waals surface area contributed by atoms with Crippen molar-refractivity contribution in [3.05, 3.63) is 65.0 Å². The van der Waals surface area contributed by atoms with Gasteiger partial charge in [-0.2, -0.15) is 0 Å². The minimum atomic E-state index is -0.226. The molecule has 0 atom stereocenters. The van der Waals surface area contributed by atoms with E-state index in [-0.39, 0.29) is 5.82 Å². The molecular formula is C15H14BrFO. The second kappa shape index (κ2) is 6.01. The van der Waals surface area contributed by atoms with E-state index < -0.39 is 0 Å². The molecule has 0 spiro atoms. The smallest absolute Gasteiger partial charge is 0.126 e. The second-order valence-electron chi connectivity index (χ2n) is 4.11. The Morgan fingerprint density at radius 2 is 1.83 bits per heavy atom. The molecule has 0 N–H and O–H groups in total. The maximum atomic E-state index is 12.8. The van der Waals surface area contributed by atoms with Gasteiger partial charge in [0.1, 0.15) is 18.2 Å². The number of ether oxygens (including phenoxy) is 1. The normalized spacial score (nSPS) is 10.4. The first-order valence-corrected chi connectivity index (χ1v) is 6.84. The zero-order valence-electron chi connectivity index (χ0n) is 10.1. The van der Waals surface area contributed by atoms with Gasteiger partial charge in [0, 0.05) is 10.9 Å². The highest BCUT2D eigenvalue weighted by Crippen LogP contribution is 2.26. The molecule has 1 nitrogen and oxygen atoms in total. The highest BCUT2D eigenvalue weighted by atomic mass is 79.9. The monoisotopic (exact) mass is 308 g/mol. The fourth-order valence-corrected chi connectivity index (χ4v) is 2.20. The molecule has 0 saturated heterocycles. The van der Waals surface area contributed by atoms with Crippen LogP contribution in [0.3, 0.4) is 0 Å². The number of aryl methyl sites for hydroxylation is 1. The molecule has 0 amide bonds. The van der Waals surface area contributed by atoms with Crippen molar-refractivity contribution in [2.24, 2.45) is 0 Å². The fraction of sp³-hybridized carbons (Fsp3) is 0.200. The summed E-state index contributed by atoms with van der Waals surface area (Å²) in [6.45, 7) is 2.47. The molecule has 0 aromatic heterocycles. The highest BCUT2D eigenvalue weighted by molar-refractivity contribution is 9.08. The topological polar surface area (TPSA) is 9.23 Å². The first kappa shape index (κ1) is 13.1. The SMILES string of the molecule is Cc1cccc(CBr)c1OCc1ccc(F)cc1. The Morgan fingerprint density at radius 1 is 1.11 bits per heavy atom. The van der Waals surface area contributed by atoms with Crippen molar-refractivity contribution >= 4 is 15.9 Å². The van der Waals surface area contributed by atoms with Crippen LogP contribution >= 0.6 is 15.9 Å². The van der Waals surface area contributed by atoms with Gasteiger partial charge < -0.3 is 4.74 Å². The minimum Gasteiger partial charge on any atom is -0.488 e. The Balaban J connectivity index is 2.12. The summed E-state index contributed by atoms with van der Waals surface area (Å²) in [6.07, 6.45) is 0. The van der Waals surface area contributed by atoms with Gasteiger partial charge in [-0.15, -0.1) is 0 Å². The molecule has 0 aliphatic heterocycles. The third-order valence-electron chi connectivity index (χ3n) is 2.73. The molecule has 0 aliphatic carbocycles. The summed E-state index contributed by atoms with van der Waals surface area (Å²) in [7, 11) is 0. The highest BCUT2D eigenvalue weighted by Gasteiger charge is 2.06. The molecule has 0 saturated carbocycles. The molecule has 2 aromatic rings. The maximum Gasteiger partial charge on any atom is 0.126 e. The Labute approximate surface area is 115 Å². The summed E-state index contributed by atoms with van der Waals surface area (Å²) in [4.78, 5) is 0. The van der Waals surface area contributed by atoms with E-state index in [9.17, 15) is 4.39 Å². The van der Waals surface area contributed by atoms with E-state index in [1.54, 1.807) is 12.1 Å². The second-order valence-corrected chi connectivity index (χ2v) is 4.67. The third kappa shape index (κ3) is 3.10. The molecule has 0 aliphatic rings. The lowest BCUT2D eigenvalue weighted by molar-refractivity contribution is 0.301. The van der Waals surface area contributed by atoms with Crippen molar-refractivity contribution in [2.75, 3.05) is 0 Å². The van der Waals surface area contributed by atoms with Gasteiger partial charge in [0.25, 0.3) is 0 Å². The molecule has 18 heavy (non-hydrogen) atoms. The molecule has 0 radical (unpaired) electrons. The van der Waals surface area contributed by atoms with Crippen LogP contribution in [0.1, 0.15) is 16.7 Å². The fourth-order valence-electron chi connectivity index (χ4n) is 1.76. The van der Waals surface area contributed by atoms with Crippen molar-refractivity contribution < 1.29 is 9.13 Å². The first-order valence-electron chi connectivity index (χ1n) is 5.72. The van der Waals surface area contributed by atoms with Crippen LogP contribution in [0, 0.1) is 12.7 Å². The lowest BCUT2D eigenvalue weighted by Crippen LogP contribution is -1.99. The quantitative estimate of drug-likeness (QED) is 0.750. The lowest BCUT2D eigenvalue weighted by Gasteiger charge is -2.12. The van der Waals surface area contributed by atoms with Crippen molar-refractivity contribution in [1.82, 2.24) is 0 Å². The van der Waals surface area contributed by atoms with E-state index in [1.165, 1.54) is 12.1 Å². The van der Waals surface area contributed by atoms with E-state index in [1.807, 2.05) is 25.1 Å². The number of halogens is 2. The Hall–Kier alpha value is -1.35. The number of alkyl halides is 1. The van der Waals surface area contributed by atoms with E-state index in [0.717, 1.165) is 27.8 Å². The molecule has 94 valence electrons. The lowest BCUT2D eigenvalue weighted by atomic mass is 10.1. The molecule has 3 heteroatoms. The van der Waals surface area contributed by atoms with Gasteiger partial charge in [0.2, 0.25) is 0 Å². The van der Waals surface area contributed by atoms with E-state index >= 15 is 0 Å². The van der Waals surface area contributed by atoms with Gasteiger partial charge in [-0.3, -0.25) is 0 Å². The van der Waals surface area contributed by atoms with Gasteiger partial charge in [-0.25, -0.2) is 4.39 Å². The maximum absolute atomic E-state index is 12.8. The average Bonchev–Trinajstić information content (AvgIpc) is 2.39. The number of para-hydroxylation sites is 1. The Kier molecular flexibility index (Phi) is 4.37. The van der Waals surface area contributed by atoms with Crippen LogP contribution in [-0.2, 0) is 11.9 Å². The van der Waals surface area contributed by atoms with Crippen LogP contribution in [0.4, 0.5) is 4.39 Å². The number of benzene rings is 2. The van der Waals surface area contributed by atoms with Crippen molar-refractivity contribution in [1.29, 1.82) is 0 Å². The zero-order chi connectivity index (χ0) is 13.0. The zero-order valence-corrected chi connectivity index (χ0v) is 11.7. The molecule has 0 fully saturated rings. The summed E-state index contributed by atoms with van der Waals surface area (Å²) in [5, 5.41) is 0.757. The van der Waals surface area contributed by atoms with Gasteiger partial charge >= 0.3 is 0 Å². The summed E-state index contributed by atoms with van der Waals surface area (Å²) >= 11 is 3.45. The van der Waals surface area contributed by atoms with Crippen molar-refractivity contribution in [2.45, 2.75) is 18.9 Å². The molecule has 0 heterocycles. The molecule has 0 bridgehead atoms. The van der Waals surface area contributed by atoms with E-state index in [0.29, 0.717) is 6.61 Å². The van der Waals surface area contributed by atoms with Crippen LogP contribution in [0.25, 0.3) is 0 Å². The molecular weight excluding hydrogens is 295 g/mol. The van der Waals surface area contributed by atoms with Crippen molar-refractivity contribution in [3.8, 4) is 5.75 Å². The summed E-state index contributed by atoms with van der Waals surface area (Å²) in [6, 6.07) is 12.4.